The first-order valence-corrected chi connectivity index (χ1v) is 8.74. The molecule has 0 fully saturated rings. The Bertz CT molecular complexity index is 784. The molecule has 0 bridgehead atoms. The molecule has 0 heterocycles. The van der Waals surface area contributed by atoms with E-state index in [0.29, 0.717) is 11.4 Å². The van der Waals surface area contributed by atoms with Gasteiger partial charge in [-0.2, -0.15) is 0 Å². The summed E-state index contributed by atoms with van der Waals surface area (Å²) in [6.45, 7) is 5.32. The van der Waals surface area contributed by atoms with Crippen LogP contribution in [0.3, 0.4) is 0 Å². The largest absolute Gasteiger partial charge is 0.495 e. The maximum atomic E-state index is 13.1. The summed E-state index contributed by atoms with van der Waals surface area (Å²) in [7, 11) is 1.52. The molecule has 1 unspecified atom stereocenters. The number of benzene rings is 2. The van der Waals surface area contributed by atoms with Crippen molar-refractivity contribution >= 4 is 17.7 Å². The number of amides is 2. The summed E-state index contributed by atoms with van der Waals surface area (Å²) >= 11 is 0. The normalized spacial score (nSPS) is 12.1. The van der Waals surface area contributed by atoms with Crippen LogP contribution in [0.15, 0.2) is 54.6 Å². The van der Waals surface area contributed by atoms with Crippen molar-refractivity contribution in [3.63, 3.8) is 0 Å². The maximum absolute atomic E-state index is 13.1. The van der Waals surface area contributed by atoms with Crippen LogP contribution in [0, 0.1) is 0 Å². The molecule has 27 heavy (non-hydrogen) atoms. The number of carboxylic acid groups (broad SMARTS) is 1. The number of carbonyl (C=O) groups excluding carboxylic acids is 1. The summed E-state index contributed by atoms with van der Waals surface area (Å²) in [5.74, 6) is 0.114. The van der Waals surface area contributed by atoms with Crippen LogP contribution in [-0.4, -0.2) is 40.7 Å². The Morgan fingerprint density at radius 2 is 1.67 bits per heavy atom. The standard InChI is InChI=1S/C21H26N2O4/c1-21(2,3)23(20(25)26)17(14-15-10-6-5-7-11-15)19(24)22-16-12-8-9-13-18(16)27-4/h5-13,17H,14H2,1-4H3,(H,22,24)(H,25,26). The minimum atomic E-state index is -1.14. The van der Waals surface area contributed by atoms with Gasteiger partial charge in [0.2, 0.25) is 5.91 Å². The van der Waals surface area contributed by atoms with E-state index < -0.39 is 23.6 Å². The molecule has 2 aromatic carbocycles. The molecule has 6 nitrogen and oxygen atoms in total. The molecule has 0 saturated heterocycles. The van der Waals surface area contributed by atoms with E-state index in [1.807, 2.05) is 30.3 Å². The summed E-state index contributed by atoms with van der Waals surface area (Å²) in [4.78, 5) is 26.3. The monoisotopic (exact) mass is 370 g/mol. The molecule has 2 aromatic rings. The minimum absolute atomic E-state index is 0.269. The molecule has 0 aliphatic heterocycles. The van der Waals surface area contributed by atoms with E-state index in [0.717, 1.165) is 5.56 Å². The quantitative estimate of drug-likeness (QED) is 0.805. The zero-order valence-corrected chi connectivity index (χ0v) is 16.1. The van der Waals surface area contributed by atoms with Crippen molar-refractivity contribution in [2.45, 2.75) is 38.8 Å². The number of ether oxygens (including phenoxy) is 1. The second-order valence-electron chi connectivity index (χ2n) is 7.22. The van der Waals surface area contributed by atoms with Crippen LogP contribution < -0.4 is 10.1 Å². The molecular weight excluding hydrogens is 344 g/mol. The van der Waals surface area contributed by atoms with Crippen LogP contribution in [0.4, 0.5) is 10.5 Å². The van der Waals surface area contributed by atoms with Gasteiger partial charge in [-0.25, -0.2) is 4.79 Å². The minimum Gasteiger partial charge on any atom is -0.495 e. The van der Waals surface area contributed by atoms with E-state index in [1.54, 1.807) is 45.0 Å². The van der Waals surface area contributed by atoms with E-state index in [1.165, 1.54) is 12.0 Å². The lowest BCUT2D eigenvalue weighted by Crippen LogP contribution is -2.56. The number of methoxy groups -OCH3 is 1. The Balaban J connectivity index is 2.38. The predicted octanol–water partition coefficient (Wildman–Crippen LogP) is 4.02. The van der Waals surface area contributed by atoms with Gasteiger partial charge in [-0.15, -0.1) is 0 Å². The van der Waals surface area contributed by atoms with Gasteiger partial charge in [0.05, 0.1) is 12.8 Å². The van der Waals surface area contributed by atoms with Gasteiger partial charge in [0.25, 0.3) is 0 Å². The summed E-state index contributed by atoms with van der Waals surface area (Å²) in [5.41, 5.74) is 0.638. The number of hydrogen-bond acceptors (Lipinski definition) is 3. The Morgan fingerprint density at radius 3 is 2.22 bits per heavy atom. The van der Waals surface area contributed by atoms with E-state index in [4.69, 9.17) is 4.74 Å². The lowest BCUT2D eigenvalue weighted by Gasteiger charge is -2.39. The van der Waals surface area contributed by atoms with E-state index >= 15 is 0 Å². The molecule has 6 heteroatoms. The van der Waals surface area contributed by atoms with Crippen LogP contribution in [0.2, 0.25) is 0 Å². The molecule has 0 aliphatic rings. The fraction of sp³-hybridized carbons (Fsp3) is 0.333. The van der Waals surface area contributed by atoms with E-state index in [9.17, 15) is 14.7 Å². The van der Waals surface area contributed by atoms with Crippen molar-refractivity contribution in [3.8, 4) is 5.75 Å². The highest BCUT2D eigenvalue weighted by Crippen LogP contribution is 2.26. The van der Waals surface area contributed by atoms with Crippen molar-refractivity contribution in [3.05, 3.63) is 60.2 Å². The van der Waals surface area contributed by atoms with Crippen molar-refractivity contribution < 1.29 is 19.4 Å². The first-order chi connectivity index (χ1) is 12.7. The highest BCUT2D eigenvalue weighted by Gasteiger charge is 2.37. The van der Waals surface area contributed by atoms with Gasteiger partial charge in [-0.05, 0) is 38.5 Å². The van der Waals surface area contributed by atoms with Gasteiger partial charge in [0.15, 0.2) is 0 Å². The van der Waals surface area contributed by atoms with Crippen molar-refractivity contribution in [2.75, 3.05) is 12.4 Å². The Hall–Kier alpha value is -3.02. The zero-order chi connectivity index (χ0) is 20.0. The lowest BCUT2D eigenvalue weighted by molar-refractivity contribution is -0.122. The molecule has 2 N–H and O–H groups in total. The average Bonchev–Trinajstić information content (AvgIpc) is 2.61. The van der Waals surface area contributed by atoms with Crippen LogP contribution in [0.1, 0.15) is 26.3 Å². The highest BCUT2D eigenvalue weighted by atomic mass is 16.5. The van der Waals surface area contributed by atoms with Crippen LogP contribution >= 0.6 is 0 Å². The molecular formula is C21H26N2O4. The fourth-order valence-corrected chi connectivity index (χ4v) is 2.99. The molecule has 0 spiro atoms. The second-order valence-corrected chi connectivity index (χ2v) is 7.22. The summed E-state index contributed by atoms with van der Waals surface area (Å²) in [6, 6.07) is 15.5. The predicted molar refractivity (Wildman–Crippen MR) is 105 cm³/mol. The first-order valence-electron chi connectivity index (χ1n) is 8.74. The number of anilines is 1. The molecule has 144 valence electrons. The van der Waals surface area contributed by atoms with Crippen LogP contribution in [-0.2, 0) is 11.2 Å². The molecule has 0 saturated carbocycles. The molecule has 2 rings (SSSR count). The number of carbonyl (C=O) groups is 2. The third kappa shape index (κ3) is 5.23. The number of hydrogen-bond donors (Lipinski definition) is 2. The smallest absolute Gasteiger partial charge is 0.408 e. The molecule has 0 aliphatic carbocycles. The van der Waals surface area contributed by atoms with Crippen LogP contribution in [0.25, 0.3) is 0 Å². The maximum Gasteiger partial charge on any atom is 0.408 e. The number of nitrogens with zero attached hydrogens (tertiary/aromatic N) is 1. The second kappa shape index (κ2) is 8.58. The highest BCUT2D eigenvalue weighted by molar-refractivity contribution is 5.97. The van der Waals surface area contributed by atoms with Gasteiger partial charge in [0.1, 0.15) is 11.8 Å². The third-order valence-corrected chi connectivity index (χ3v) is 4.18. The third-order valence-electron chi connectivity index (χ3n) is 4.18. The van der Waals surface area contributed by atoms with Gasteiger partial charge >= 0.3 is 6.09 Å². The molecule has 2 amide bonds. The number of nitrogens with one attached hydrogen (secondary N) is 1. The lowest BCUT2D eigenvalue weighted by atomic mass is 9.97. The first kappa shape index (κ1) is 20.3. The zero-order valence-electron chi connectivity index (χ0n) is 16.1. The van der Waals surface area contributed by atoms with Gasteiger partial charge in [-0.1, -0.05) is 42.5 Å². The summed E-state index contributed by atoms with van der Waals surface area (Å²) in [6.07, 6.45) is -0.871. The molecule has 0 radical (unpaired) electrons. The SMILES string of the molecule is COc1ccccc1NC(=O)C(Cc1ccccc1)N(C(=O)O)C(C)(C)C. The number of para-hydroxylation sites is 2. The molecule has 0 aromatic heterocycles. The van der Waals surface area contributed by atoms with Crippen LogP contribution in [0.5, 0.6) is 5.75 Å². The van der Waals surface area contributed by atoms with Crippen molar-refractivity contribution in [1.29, 1.82) is 0 Å². The van der Waals surface area contributed by atoms with Crippen molar-refractivity contribution in [2.24, 2.45) is 0 Å². The average molecular weight is 370 g/mol. The van der Waals surface area contributed by atoms with Crippen molar-refractivity contribution in [1.82, 2.24) is 4.90 Å². The van der Waals surface area contributed by atoms with Gasteiger partial charge < -0.3 is 15.2 Å². The molecule has 1 atom stereocenters. The van der Waals surface area contributed by atoms with E-state index in [-0.39, 0.29) is 6.42 Å². The Morgan fingerprint density at radius 1 is 1.07 bits per heavy atom. The summed E-state index contributed by atoms with van der Waals surface area (Å²) in [5, 5.41) is 12.6. The Labute approximate surface area is 159 Å². The van der Waals surface area contributed by atoms with Gasteiger partial charge in [0, 0.05) is 12.0 Å². The summed E-state index contributed by atoms with van der Waals surface area (Å²) < 4.78 is 5.27. The fourth-order valence-electron chi connectivity index (χ4n) is 2.99. The topological polar surface area (TPSA) is 78.9 Å². The number of rotatable bonds is 6. The van der Waals surface area contributed by atoms with Gasteiger partial charge in [-0.3, -0.25) is 9.69 Å². The van der Waals surface area contributed by atoms with E-state index in [2.05, 4.69) is 5.32 Å². The Kier molecular flexibility index (Phi) is 6.45.